The summed E-state index contributed by atoms with van der Waals surface area (Å²) in [6, 6.07) is 7.98. The molecule has 1 rings (SSSR count). The average Bonchev–Trinajstić information content (AvgIpc) is 2.44. The number of halogens is 1. The Labute approximate surface area is 128 Å². The highest BCUT2D eigenvalue weighted by molar-refractivity contribution is 14.1. The van der Waals surface area contributed by atoms with Gasteiger partial charge in [-0.05, 0) is 25.8 Å². The fourth-order valence-corrected chi connectivity index (χ4v) is 2.06. The van der Waals surface area contributed by atoms with E-state index in [1.54, 1.807) is 0 Å². The third-order valence-electron chi connectivity index (χ3n) is 2.27. The maximum atomic E-state index is 5.65. The van der Waals surface area contributed by atoms with E-state index in [-0.39, 0.29) is 0 Å². The summed E-state index contributed by atoms with van der Waals surface area (Å²) in [5.74, 6) is 6.72. The Morgan fingerprint density at radius 3 is 2.47 bits per heavy atom. The molecule has 0 radical (unpaired) electrons. The molecule has 104 valence electrons. The van der Waals surface area contributed by atoms with Crippen LogP contribution >= 0.6 is 22.6 Å². The molecule has 0 unspecified atom stereocenters. The Kier molecular flexibility index (Phi) is 8.63. The van der Waals surface area contributed by atoms with Crippen LogP contribution < -0.4 is 4.74 Å². The SMILES string of the molecule is CCOC(C#CCOc1ccccc1CI)OCC. The first-order chi connectivity index (χ1) is 9.31. The van der Waals surface area contributed by atoms with Gasteiger partial charge in [0.15, 0.2) is 0 Å². The number of alkyl halides is 1. The number of benzene rings is 1. The van der Waals surface area contributed by atoms with Crippen molar-refractivity contribution in [1.29, 1.82) is 0 Å². The summed E-state index contributed by atoms with van der Waals surface area (Å²) in [5, 5.41) is 0. The molecule has 1 aromatic carbocycles. The smallest absolute Gasteiger partial charge is 0.222 e. The zero-order valence-electron chi connectivity index (χ0n) is 11.3. The van der Waals surface area contributed by atoms with Crippen molar-refractivity contribution in [3.8, 4) is 17.6 Å². The summed E-state index contributed by atoms with van der Waals surface area (Å²) < 4.78 is 17.2. The maximum Gasteiger partial charge on any atom is 0.222 e. The lowest BCUT2D eigenvalue weighted by Crippen LogP contribution is -2.15. The lowest BCUT2D eigenvalue weighted by atomic mass is 10.2. The number of hydrogen-bond acceptors (Lipinski definition) is 3. The minimum Gasteiger partial charge on any atom is -0.481 e. The molecule has 0 fully saturated rings. The second-order valence-corrected chi connectivity index (χ2v) is 4.36. The second-order valence-electron chi connectivity index (χ2n) is 3.59. The van der Waals surface area contributed by atoms with Gasteiger partial charge in [-0.25, -0.2) is 0 Å². The zero-order valence-corrected chi connectivity index (χ0v) is 13.5. The number of rotatable bonds is 7. The van der Waals surface area contributed by atoms with Crippen LogP contribution in [0.1, 0.15) is 19.4 Å². The first-order valence-corrected chi connectivity index (χ1v) is 7.82. The highest BCUT2D eigenvalue weighted by Gasteiger charge is 2.02. The van der Waals surface area contributed by atoms with E-state index in [4.69, 9.17) is 14.2 Å². The van der Waals surface area contributed by atoms with E-state index in [2.05, 4.69) is 40.5 Å². The number of para-hydroxylation sites is 1. The van der Waals surface area contributed by atoms with Crippen LogP contribution in [-0.2, 0) is 13.9 Å². The van der Waals surface area contributed by atoms with Crippen molar-refractivity contribution < 1.29 is 14.2 Å². The van der Waals surface area contributed by atoms with Crippen molar-refractivity contribution in [3.63, 3.8) is 0 Å². The molecule has 0 atom stereocenters. The quantitative estimate of drug-likeness (QED) is 0.317. The third kappa shape index (κ3) is 6.28. The highest BCUT2D eigenvalue weighted by atomic mass is 127. The van der Waals surface area contributed by atoms with Gasteiger partial charge in [-0.15, -0.1) is 0 Å². The fourth-order valence-electron chi connectivity index (χ4n) is 1.43. The summed E-state index contributed by atoms with van der Waals surface area (Å²) in [4.78, 5) is 0. The summed E-state index contributed by atoms with van der Waals surface area (Å²) in [5.41, 5.74) is 1.18. The van der Waals surface area contributed by atoms with Crippen molar-refractivity contribution in [2.45, 2.75) is 24.6 Å². The van der Waals surface area contributed by atoms with Gasteiger partial charge in [-0.2, -0.15) is 0 Å². The average molecular weight is 374 g/mol. The predicted molar refractivity (Wildman–Crippen MR) is 84.5 cm³/mol. The van der Waals surface area contributed by atoms with E-state index in [0.717, 1.165) is 10.2 Å². The lowest BCUT2D eigenvalue weighted by Gasteiger charge is -2.10. The van der Waals surface area contributed by atoms with Crippen molar-refractivity contribution in [1.82, 2.24) is 0 Å². The van der Waals surface area contributed by atoms with Crippen LogP contribution in [0.5, 0.6) is 5.75 Å². The molecule has 1 aromatic rings. The Hall–Kier alpha value is -0.770. The molecule has 0 saturated carbocycles. The van der Waals surface area contributed by atoms with E-state index >= 15 is 0 Å². The third-order valence-corrected chi connectivity index (χ3v) is 3.09. The van der Waals surface area contributed by atoms with Crippen molar-refractivity contribution in [2.75, 3.05) is 19.8 Å². The summed E-state index contributed by atoms with van der Waals surface area (Å²) in [7, 11) is 0. The van der Waals surface area contributed by atoms with Crippen LogP contribution in [0.2, 0.25) is 0 Å². The highest BCUT2D eigenvalue weighted by Crippen LogP contribution is 2.20. The Morgan fingerprint density at radius 2 is 1.84 bits per heavy atom. The van der Waals surface area contributed by atoms with Gasteiger partial charge in [0.25, 0.3) is 0 Å². The van der Waals surface area contributed by atoms with Gasteiger partial charge < -0.3 is 14.2 Å². The zero-order chi connectivity index (χ0) is 13.9. The monoisotopic (exact) mass is 374 g/mol. The Morgan fingerprint density at radius 1 is 1.16 bits per heavy atom. The van der Waals surface area contributed by atoms with E-state index in [9.17, 15) is 0 Å². The number of hydrogen-bond donors (Lipinski definition) is 0. The summed E-state index contributed by atoms with van der Waals surface area (Å²) in [6.45, 7) is 5.34. The van der Waals surface area contributed by atoms with Gasteiger partial charge in [-0.3, -0.25) is 0 Å². The van der Waals surface area contributed by atoms with Crippen molar-refractivity contribution in [3.05, 3.63) is 29.8 Å². The molecule has 3 nitrogen and oxygen atoms in total. The molecule has 0 aliphatic heterocycles. The second kappa shape index (κ2) is 10.1. The predicted octanol–water partition coefficient (Wildman–Crippen LogP) is 3.40. The normalized spacial score (nSPS) is 10.1. The molecule has 0 bridgehead atoms. The van der Waals surface area contributed by atoms with E-state index in [1.807, 2.05) is 32.0 Å². The minimum atomic E-state index is -0.460. The molecule has 0 aromatic heterocycles. The standard InChI is InChI=1S/C15H19IO3/c1-3-17-15(18-4-2)10-7-11-19-14-9-6-5-8-13(14)12-16/h5-6,8-9,15H,3-4,11-12H2,1-2H3. The lowest BCUT2D eigenvalue weighted by molar-refractivity contribution is -0.0970. The molecule has 0 aliphatic carbocycles. The van der Waals surface area contributed by atoms with Gasteiger partial charge in [0, 0.05) is 23.2 Å². The first-order valence-electron chi connectivity index (χ1n) is 6.30. The Balaban J connectivity index is 2.48. The maximum absolute atomic E-state index is 5.65. The van der Waals surface area contributed by atoms with Crippen molar-refractivity contribution >= 4 is 22.6 Å². The molecule has 0 aliphatic rings. The van der Waals surface area contributed by atoms with Crippen LogP contribution in [0, 0.1) is 11.8 Å². The summed E-state index contributed by atoms with van der Waals surface area (Å²) >= 11 is 2.32. The molecule has 0 amide bonds. The van der Waals surface area contributed by atoms with Crippen molar-refractivity contribution in [2.24, 2.45) is 0 Å². The molecule has 0 N–H and O–H groups in total. The topological polar surface area (TPSA) is 27.7 Å². The molecule has 4 heteroatoms. The van der Waals surface area contributed by atoms with E-state index in [0.29, 0.717) is 19.8 Å². The van der Waals surface area contributed by atoms with E-state index in [1.165, 1.54) is 5.56 Å². The Bertz CT molecular complexity index is 417. The summed E-state index contributed by atoms with van der Waals surface area (Å²) in [6.07, 6.45) is -0.460. The van der Waals surface area contributed by atoms with Gasteiger partial charge in [-0.1, -0.05) is 46.7 Å². The van der Waals surface area contributed by atoms with Gasteiger partial charge in [0.05, 0.1) is 0 Å². The molecule has 0 heterocycles. The van der Waals surface area contributed by atoms with Gasteiger partial charge >= 0.3 is 0 Å². The molecule has 0 spiro atoms. The number of ether oxygens (including phenoxy) is 3. The fraction of sp³-hybridized carbons (Fsp3) is 0.467. The molecule has 19 heavy (non-hydrogen) atoms. The van der Waals surface area contributed by atoms with Crippen LogP contribution in [0.15, 0.2) is 24.3 Å². The van der Waals surface area contributed by atoms with Crippen LogP contribution in [0.4, 0.5) is 0 Å². The van der Waals surface area contributed by atoms with Crippen LogP contribution in [0.25, 0.3) is 0 Å². The molecule has 0 saturated heterocycles. The van der Waals surface area contributed by atoms with Gasteiger partial charge in [0.2, 0.25) is 6.29 Å². The van der Waals surface area contributed by atoms with E-state index < -0.39 is 6.29 Å². The largest absolute Gasteiger partial charge is 0.481 e. The van der Waals surface area contributed by atoms with Gasteiger partial charge in [0.1, 0.15) is 12.4 Å². The van der Waals surface area contributed by atoms with Crippen LogP contribution in [-0.4, -0.2) is 26.1 Å². The molecular weight excluding hydrogens is 355 g/mol. The van der Waals surface area contributed by atoms with Crippen LogP contribution in [0.3, 0.4) is 0 Å². The molecular formula is C15H19IO3. The minimum absolute atomic E-state index is 0.338. The first kappa shape index (κ1) is 16.3.